The van der Waals surface area contributed by atoms with Gasteiger partial charge in [0.25, 0.3) is 0 Å². The van der Waals surface area contributed by atoms with Crippen molar-refractivity contribution in [1.29, 1.82) is 0 Å². The van der Waals surface area contributed by atoms with Gasteiger partial charge in [0, 0.05) is 31.9 Å². The lowest BCUT2D eigenvalue weighted by molar-refractivity contribution is -0.133. The van der Waals surface area contributed by atoms with E-state index < -0.39 is 56.7 Å². The predicted molar refractivity (Wildman–Crippen MR) is 169 cm³/mol. The SMILES string of the molecule is COc1cc([C@@H](Nc2cc(C(N)=O)ccc2F)C(=O)N2CCCC2c2cc(NC(=O)N(C)C)ccc2S(=O)(=O)C(C)C)ccc1F. The number of benzene rings is 3. The Morgan fingerprint density at radius 3 is 2.35 bits per heavy atom. The van der Waals surface area contributed by atoms with E-state index in [1.165, 1.54) is 53.3 Å². The number of anilines is 2. The van der Waals surface area contributed by atoms with Gasteiger partial charge in [-0.25, -0.2) is 22.0 Å². The third-order valence-corrected chi connectivity index (χ3v) is 10.0. The zero-order valence-electron chi connectivity index (χ0n) is 26.1. The van der Waals surface area contributed by atoms with Gasteiger partial charge >= 0.3 is 6.03 Å². The third kappa shape index (κ3) is 7.06. The highest BCUT2D eigenvalue weighted by Crippen LogP contribution is 2.40. The van der Waals surface area contributed by atoms with E-state index in [4.69, 9.17) is 10.5 Å². The molecule has 11 nitrogen and oxygen atoms in total. The molecule has 2 atom stereocenters. The standard InChI is InChI=1S/C32H37F2N5O6S/c1-18(2)46(43,44)28-13-10-21(36-32(42)38(3)4)17-22(28)26-7-6-14-39(26)31(41)29(19-8-12-24(34)27(16-19)45-5)37-25-15-20(30(35)40)9-11-23(25)33/h8-13,15-18,26,29,37H,6-7,14H2,1-5H3,(H2,35,40)(H,36,42)/t26?,29-/m1/s1. The molecule has 46 heavy (non-hydrogen) atoms. The fourth-order valence-corrected chi connectivity index (χ4v) is 6.53. The minimum absolute atomic E-state index is 0.00838. The lowest BCUT2D eigenvalue weighted by Crippen LogP contribution is -2.38. The normalized spacial score (nSPS) is 15.4. The van der Waals surface area contributed by atoms with E-state index in [-0.39, 0.29) is 34.0 Å². The second-order valence-electron chi connectivity index (χ2n) is 11.4. The van der Waals surface area contributed by atoms with Crippen LogP contribution in [-0.2, 0) is 14.6 Å². The highest BCUT2D eigenvalue weighted by Gasteiger charge is 2.38. The Bertz CT molecular complexity index is 1770. The number of carbonyl (C=O) groups excluding carboxylic acids is 3. The zero-order valence-corrected chi connectivity index (χ0v) is 27.0. The smallest absolute Gasteiger partial charge is 0.321 e. The Morgan fingerprint density at radius 1 is 1.02 bits per heavy atom. The number of hydrogen-bond acceptors (Lipinski definition) is 7. The maximum atomic E-state index is 15.0. The minimum atomic E-state index is -3.84. The van der Waals surface area contributed by atoms with Crippen molar-refractivity contribution in [3.8, 4) is 5.75 Å². The summed E-state index contributed by atoms with van der Waals surface area (Å²) in [5.74, 6) is -3.00. The third-order valence-electron chi connectivity index (χ3n) is 7.80. The monoisotopic (exact) mass is 657 g/mol. The number of methoxy groups -OCH3 is 1. The first kappa shape index (κ1) is 34.2. The number of nitrogens with one attached hydrogen (secondary N) is 2. The first-order valence-electron chi connectivity index (χ1n) is 14.5. The van der Waals surface area contributed by atoms with Crippen LogP contribution < -0.4 is 21.1 Å². The maximum Gasteiger partial charge on any atom is 0.321 e. The second kappa shape index (κ2) is 13.7. The molecule has 0 aliphatic carbocycles. The van der Waals surface area contributed by atoms with Gasteiger partial charge in [0.05, 0.1) is 29.0 Å². The molecule has 0 bridgehead atoms. The van der Waals surface area contributed by atoms with Gasteiger partial charge in [-0.2, -0.15) is 0 Å². The molecule has 14 heteroatoms. The van der Waals surface area contributed by atoms with Crippen LogP contribution in [0.3, 0.4) is 0 Å². The maximum absolute atomic E-state index is 15.0. The van der Waals surface area contributed by atoms with E-state index in [0.29, 0.717) is 24.1 Å². The number of hydrogen-bond donors (Lipinski definition) is 3. The number of halogens is 2. The molecule has 3 aromatic rings. The van der Waals surface area contributed by atoms with Crippen molar-refractivity contribution < 1.29 is 36.3 Å². The van der Waals surface area contributed by atoms with E-state index in [2.05, 4.69) is 10.6 Å². The minimum Gasteiger partial charge on any atom is -0.494 e. The Kier molecular flexibility index (Phi) is 10.2. The molecule has 246 valence electrons. The second-order valence-corrected chi connectivity index (χ2v) is 13.9. The Balaban J connectivity index is 1.84. The molecule has 1 aliphatic rings. The summed E-state index contributed by atoms with van der Waals surface area (Å²) in [7, 11) is 0.545. The molecule has 3 aromatic carbocycles. The largest absolute Gasteiger partial charge is 0.494 e. The summed E-state index contributed by atoms with van der Waals surface area (Å²) in [5.41, 5.74) is 6.06. The number of nitrogens with zero attached hydrogens (tertiary/aromatic N) is 2. The first-order valence-corrected chi connectivity index (χ1v) is 16.1. The molecule has 1 fully saturated rings. The summed E-state index contributed by atoms with van der Waals surface area (Å²) in [6.45, 7) is 3.32. The van der Waals surface area contributed by atoms with E-state index in [1.54, 1.807) is 34.0 Å². The van der Waals surface area contributed by atoms with Crippen LogP contribution in [0, 0.1) is 11.6 Å². The first-order chi connectivity index (χ1) is 21.6. The van der Waals surface area contributed by atoms with Crippen LogP contribution in [0.15, 0.2) is 59.5 Å². The Hall–Kier alpha value is -4.72. The number of likely N-dealkylation sites (tertiary alicyclic amines) is 1. The van der Waals surface area contributed by atoms with Gasteiger partial charge in [0.1, 0.15) is 11.9 Å². The molecule has 0 aromatic heterocycles. The van der Waals surface area contributed by atoms with Gasteiger partial charge in [-0.05, 0) is 86.3 Å². The summed E-state index contributed by atoms with van der Waals surface area (Å²) in [4.78, 5) is 41.6. The van der Waals surface area contributed by atoms with Gasteiger partial charge in [-0.3, -0.25) is 9.59 Å². The molecular formula is C32H37F2N5O6S. The summed E-state index contributed by atoms with van der Waals surface area (Å²) in [6, 6.07) is 9.12. The summed E-state index contributed by atoms with van der Waals surface area (Å²) >= 11 is 0. The molecule has 0 radical (unpaired) electrons. The molecule has 4 rings (SSSR count). The van der Waals surface area contributed by atoms with Gasteiger partial charge in [-0.15, -0.1) is 0 Å². The van der Waals surface area contributed by atoms with E-state index in [1.807, 2.05) is 0 Å². The van der Waals surface area contributed by atoms with E-state index >= 15 is 4.39 Å². The Labute approximate surface area is 266 Å². The predicted octanol–water partition coefficient (Wildman–Crippen LogP) is 4.86. The average molecular weight is 658 g/mol. The number of amides is 4. The number of sulfone groups is 1. The number of nitrogens with two attached hydrogens (primary N) is 1. The van der Waals surface area contributed by atoms with Crippen molar-refractivity contribution in [3.05, 3.63) is 82.9 Å². The molecule has 1 unspecified atom stereocenters. The van der Waals surface area contributed by atoms with Crippen LogP contribution in [-0.4, -0.2) is 69.1 Å². The molecule has 1 saturated heterocycles. The van der Waals surface area contributed by atoms with Gasteiger partial charge in [0.2, 0.25) is 11.8 Å². The number of urea groups is 1. The highest BCUT2D eigenvalue weighted by atomic mass is 32.2. The number of primary amides is 1. The van der Waals surface area contributed by atoms with Crippen LogP contribution in [0.4, 0.5) is 25.0 Å². The van der Waals surface area contributed by atoms with E-state index in [0.717, 1.165) is 12.1 Å². The Morgan fingerprint density at radius 2 is 1.72 bits per heavy atom. The summed E-state index contributed by atoms with van der Waals surface area (Å²) in [5, 5.41) is 4.81. The molecule has 4 N–H and O–H groups in total. The van der Waals surface area contributed by atoms with Crippen molar-refractivity contribution in [1.82, 2.24) is 9.80 Å². The quantitative estimate of drug-likeness (QED) is 0.282. The van der Waals surface area contributed by atoms with Crippen molar-refractivity contribution >= 4 is 39.1 Å². The van der Waals surface area contributed by atoms with Crippen LogP contribution in [0.1, 0.15) is 60.3 Å². The summed E-state index contributed by atoms with van der Waals surface area (Å²) in [6.07, 6.45) is 0.902. The average Bonchev–Trinajstić information content (AvgIpc) is 3.50. The number of rotatable bonds is 10. The number of carbonyl (C=O) groups is 3. The van der Waals surface area contributed by atoms with Crippen LogP contribution in [0.2, 0.25) is 0 Å². The molecule has 4 amide bonds. The van der Waals surface area contributed by atoms with Gasteiger partial charge < -0.3 is 30.9 Å². The fourth-order valence-electron chi connectivity index (χ4n) is 5.24. The lowest BCUT2D eigenvalue weighted by Gasteiger charge is -2.32. The molecule has 1 heterocycles. The molecule has 0 saturated carbocycles. The fraction of sp³-hybridized carbons (Fsp3) is 0.344. The highest BCUT2D eigenvalue weighted by molar-refractivity contribution is 7.92. The zero-order chi connectivity index (χ0) is 33.9. The van der Waals surface area contributed by atoms with Crippen molar-refractivity contribution in [2.75, 3.05) is 38.4 Å². The topological polar surface area (TPSA) is 151 Å². The summed E-state index contributed by atoms with van der Waals surface area (Å²) < 4.78 is 61.6. The molecule has 0 spiro atoms. The van der Waals surface area contributed by atoms with Crippen molar-refractivity contribution in [3.63, 3.8) is 0 Å². The lowest BCUT2D eigenvalue weighted by atomic mass is 10.0. The van der Waals surface area contributed by atoms with E-state index in [9.17, 15) is 27.2 Å². The van der Waals surface area contributed by atoms with Crippen molar-refractivity contribution in [2.45, 2.75) is 48.9 Å². The van der Waals surface area contributed by atoms with Crippen LogP contribution in [0.25, 0.3) is 0 Å². The molecule has 1 aliphatic heterocycles. The van der Waals surface area contributed by atoms with Crippen LogP contribution in [0.5, 0.6) is 5.75 Å². The number of ether oxygens (including phenoxy) is 1. The van der Waals surface area contributed by atoms with Crippen molar-refractivity contribution in [2.24, 2.45) is 5.73 Å². The van der Waals surface area contributed by atoms with Gasteiger partial charge in [0.15, 0.2) is 21.4 Å². The molecular weight excluding hydrogens is 620 g/mol. The van der Waals surface area contributed by atoms with Gasteiger partial charge in [-0.1, -0.05) is 6.07 Å². The van der Waals surface area contributed by atoms with Crippen LogP contribution >= 0.6 is 0 Å².